The summed E-state index contributed by atoms with van der Waals surface area (Å²) in [6, 6.07) is 11.7. The molecule has 5 nitrogen and oxygen atoms in total. The van der Waals surface area contributed by atoms with Crippen LogP contribution >= 0.6 is 22.9 Å². The Morgan fingerprint density at radius 1 is 1.30 bits per heavy atom. The average Bonchev–Trinajstić information content (AvgIpc) is 3.29. The fourth-order valence-electron chi connectivity index (χ4n) is 2.75. The zero-order chi connectivity index (χ0) is 19.1. The molecule has 1 unspecified atom stereocenters. The topological polar surface area (TPSA) is 56.1 Å². The molecular formula is C20H22ClN3O2S. The molecule has 142 valence electrons. The molecule has 1 N–H and O–H groups in total. The molecule has 7 heteroatoms. The second-order valence-corrected chi connectivity index (χ2v) is 8.11. The van der Waals surface area contributed by atoms with Gasteiger partial charge in [-0.2, -0.15) is 0 Å². The van der Waals surface area contributed by atoms with E-state index < -0.39 is 0 Å². The summed E-state index contributed by atoms with van der Waals surface area (Å²) >= 11 is 7.64. The SMILES string of the molecule is CC(=O)Nc1ccc(COC(CCc2ccc(Cl)s2)Cn2ccnc2)cc1. The van der Waals surface area contributed by atoms with Crippen molar-refractivity contribution in [3.63, 3.8) is 0 Å². The number of hydrogen-bond acceptors (Lipinski definition) is 4. The van der Waals surface area contributed by atoms with E-state index in [0.29, 0.717) is 6.61 Å². The summed E-state index contributed by atoms with van der Waals surface area (Å²) in [6.45, 7) is 2.77. The Kier molecular flexibility index (Phi) is 7.04. The Morgan fingerprint density at radius 3 is 2.74 bits per heavy atom. The van der Waals surface area contributed by atoms with Crippen molar-refractivity contribution in [2.45, 2.75) is 39.0 Å². The Morgan fingerprint density at radius 2 is 2.11 bits per heavy atom. The summed E-state index contributed by atoms with van der Waals surface area (Å²) in [5.41, 5.74) is 1.86. The predicted molar refractivity (Wildman–Crippen MR) is 109 cm³/mol. The van der Waals surface area contributed by atoms with Crippen molar-refractivity contribution in [2.24, 2.45) is 0 Å². The number of imidazole rings is 1. The largest absolute Gasteiger partial charge is 0.372 e. The first-order valence-corrected chi connectivity index (χ1v) is 9.96. The first-order valence-electron chi connectivity index (χ1n) is 8.76. The molecule has 1 aromatic carbocycles. The molecule has 0 aliphatic rings. The molecule has 0 saturated heterocycles. The van der Waals surface area contributed by atoms with Gasteiger partial charge in [0.2, 0.25) is 5.91 Å². The van der Waals surface area contributed by atoms with Crippen molar-refractivity contribution < 1.29 is 9.53 Å². The van der Waals surface area contributed by atoms with Gasteiger partial charge in [0.15, 0.2) is 0 Å². The predicted octanol–water partition coefficient (Wildman–Crippen LogP) is 4.77. The normalized spacial score (nSPS) is 12.1. The maximum absolute atomic E-state index is 11.1. The van der Waals surface area contributed by atoms with E-state index in [1.165, 1.54) is 11.8 Å². The molecule has 3 aromatic rings. The van der Waals surface area contributed by atoms with Gasteiger partial charge >= 0.3 is 0 Å². The van der Waals surface area contributed by atoms with Gasteiger partial charge in [-0.3, -0.25) is 4.79 Å². The number of benzene rings is 1. The fraction of sp³-hybridized carbons (Fsp3) is 0.300. The molecule has 0 aliphatic carbocycles. The van der Waals surface area contributed by atoms with Crippen LogP contribution in [-0.4, -0.2) is 21.6 Å². The standard InChI is InChI=1S/C20H22ClN3O2S/c1-15(25)23-17-4-2-16(3-5-17)13-26-18(12-24-11-10-22-14-24)6-7-19-8-9-20(21)27-19/h2-5,8-11,14,18H,6-7,12-13H2,1H3,(H,23,25). The van der Waals surface area contributed by atoms with E-state index in [1.54, 1.807) is 23.9 Å². The number of halogens is 1. The summed E-state index contributed by atoms with van der Waals surface area (Å²) in [5, 5.41) is 2.77. The Labute approximate surface area is 168 Å². The van der Waals surface area contributed by atoms with Crippen LogP contribution in [0.25, 0.3) is 0 Å². The molecule has 0 radical (unpaired) electrons. The van der Waals surface area contributed by atoms with Crippen molar-refractivity contribution >= 4 is 34.5 Å². The summed E-state index contributed by atoms with van der Waals surface area (Å²) in [6.07, 6.45) is 7.42. The second kappa shape index (κ2) is 9.69. The lowest BCUT2D eigenvalue weighted by Gasteiger charge is -2.18. The highest BCUT2D eigenvalue weighted by Gasteiger charge is 2.12. The third-order valence-electron chi connectivity index (χ3n) is 4.08. The minimum absolute atomic E-state index is 0.0649. The van der Waals surface area contributed by atoms with Gasteiger partial charge in [0.1, 0.15) is 0 Å². The molecule has 0 saturated carbocycles. The molecule has 0 spiro atoms. The van der Waals surface area contributed by atoms with E-state index in [0.717, 1.165) is 35.0 Å². The first kappa shape index (κ1) is 19.6. The molecule has 2 heterocycles. The van der Waals surface area contributed by atoms with Gasteiger partial charge in [-0.15, -0.1) is 11.3 Å². The molecular weight excluding hydrogens is 382 g/mol. The van der Waals surface area contributed by atoms with Gasteiger partial charge in [-0.1, -0.05) is 23.7 Å². The first-order chi connectivity index (χ1) is 13.1. The highest BCUT2D eigenvalue weighted by molar-refractivity contribution is 7.16. The zero-order valence-corrected chi connectivity index (χ0v) is 16.7. The van der Waals surface area contributed by atoms with E-state index in [2.05, 4.69) is 16.4 Å². The summed E-state index contributed by atoms with van der Waals surface area (Å²) in [4.78, 5) is 16.5. The zero-order valence-electron chi connectivity index (χ0n) is 15.1. The minimum Gasteiger partial charge on any atom is -0.372 e. The molecule has 2 aromatic heterocycles. The lowest BCUT2D eigenvalue weighted by Crippen LogP contribution is -2.20. The number of nitrogens with one attached hydrogen (secondary N) is 1. The number of rotatable bonds is 9. The number of aromatic nitrogens is 2. The summed E-state index contributed by atoms with van der Waals surface area (Å²) < 4.78 is 9.04. The molecule has 0 fully saturated rings. The Balaban J connectivity index is 1.57. The monoisotopic (exact) mass is 403 g/mol. The maximum Gasteiger partial charge on any atom is 0.221 e. The Hall–Kier alpha value is -2.15. The smallest absolute Gasteiger partial charge is 0.221 e. The number of hydrogen-bond donors (Lipinski definition) is 1. The van der Waals surface area contributed by atoms with Crippen LogP contribution in [0.15, 0.2) is 55.1 Å². The van der Waals surface area contributed by atoms with E-state index in [-0.39, 0.29) is 12.0 Å². The quantitative estimate of drug-likeness (QED) is 0.559. The van der Waals surface area contributed by atoms with Gasteiger partial charge in [-0.25, -0.2) is 4.98 Å². The van der Waals surface area contributed by atoms with Crippen LogP contribution in [0.4, 0.5) is 5.69 Å². The van der Waals surface area contributed by atoms with Gasteiger partial charge < -0.3 is 14.6 Å². The van der Waals surface area contributed by atoms with Crippen LogP contribution in [-0.2, 0) is 29.1 Å². The number of aryl methyl sites for hydroxylation is 1. The fourth-order valence-corrected chi connectivity index (χ4v) is 3.85. The van der Waals surface area contributed by atoms with Crippen molar-refractivity contribution in [3.8, 4) is 0 Å². The maximum atomic E-state index is 11.1. The van der Waals surface area contributed by atoms with Crippen LogP contribution in [0.5, 0.6) is 0 Å². The molecule has 27 heavy (non-hydrogen) atoms. The number of carbonyl (C=O) groups excluding carboxylic acids is 1. The van der Waals surface area contributed by atoms with Crippen LogP contribution in [0.1, 0.15) is 23.8 Å². The van der Waals surface area contributed by atoms with E-state index in [9.17, 15) is 4.79 Å². The van der Waals surface area contributed by atoms with Crippen molar-refractivity contribution in [1.82, 2.24) is 9.55 Å². The third-order valence-corrected chi connectivity index (χ3v) is 5.37. The number of thiophene rings is 1. The van der Waals surface area contributed by atoms with Gasteiger partial charge in [0.05, 0.1) is 23.4 Å². The highest BCUT2D eigenvalue weighted by atomic mass is 35.5. The second-order valence-electron chi connectivity index (χ2n) is 6.32. The molecule has 0 aliphatic heterocycles. The van der Waals surface area contributed by atoms with Gasteiger partial charge in [-0.05, 0) is 42.7 Å². The number of anilines is 1. The van der Waals surface area contributed by atoms with Crippen LogP contribution in [0.2, 0.25) is 4.34 Å². The number of amides is 1. The van der Waals surface area contributed by atoms with Crippen LogP contribution in [0, 0.1) is 0 Å². The van der Waals surface area contributed by atoms with Crippen molar-refractivity contribution in [2.75, 3.05) is 5.32 Å². The van der Waals surface area contributed by atoms with Crippen LogP contribution < -0.4 is 5.32 Å². The van der Waals surface area contributed by atoms with Gasteiger partial charge in [0, 0.05) is 36.4 Å². The molecule has 1 atom stereocenters. The van der Waals surface area contributed by atoms with Crippen molar-refractivity contribution in [1.29, 1.82) is 0 Å². The summed E-state index contributed by atoms with van der Waals surface area (Å²) in [7, 11) is 0. The molecule has 3 rings (SSSR count). The lowest BCUT2D eigenvalue weighted by molar-refractivity contribution is -0.114. The molecule has 0 bridgehead atoms. The lowest BCUT2D eigenvalue weighted by atomic mass is 10.1. The third kappa shape index (κ3) is 6.50. The Bertz CT molecular complexity index is 847. The highest BCUT2D eigenvalue weighted by Crippen LogP contribution is 2.23. The molecule has 1 amide bonds. The van der Waals surface area contributed by atoms with Crippen molar-refractivity contribution in [3.05, 3.63) is 69.9 Å². The van der Waals surface area contributed by atoms with Gasteiger partial charge in [0.25, 0.3) is 0 Å². The number of carbonyl (C=O) groups is 1. The van der Waals surface area contributed by atoms with E-state index in [4.69, 9.17) is 16.3 Å². The minimum atomic E-state index is -0.0759. The number of nitrogens with zero attached hydrogens (tertiary/aromatic N) is 2. The van der Waals surface area contributed by atoms with E-state index >= 15 is 0 Å². The summed E-state index contributed by atoms with van der Waals surface area (Å²) in [5.74, 6) is -0.0759. The average molecular weight is 404 g/mol. The van der Waals surface area contributed by atoms with E-state index in [1.807, 2.05) is 41.1 Å². The number of ether oxygens (including phenoxy) is 1. The van der Waals surface area contributed by atoms with Crippen LogP contribution in [0.3, 0.4) is 0 Å².